The smallest absolute Gasteiger partial charge is 0.293 e. The summed E-state index contributed by atoms with van der Waals surface area (Å²) in [6.45, 7) is 3.65. The van der Waals surface area contributed by atoms with Crippen molar-refractivity contribution in [2.75, 3.05) is 0 Å². The van der Waals surface area contributed by atoms with E-state index in [2.05, 4.69) is 0 Å². The molecule has 0 aliphatic carbocycles. The summed E-state index contributed by atoms with van der Waals surface area (Å²) in [6.07, 6.45) is 1.68. The molecule has 1 fully saturated rings. The second-order valence-corrected chi connectivity index (χ2v) is 8.89. The SMILES string of the molecule is Cc1cc(/C=C2\SC(=O)N(Cc3c(F)cccc3Cl)C2=O)c(C)n1-c1ccccc1Cl. The van der Waals surface area contributed by atoms with Crippen LogP contribution in [0.4, 0.5) is 9.18 Å². The van der Waals surface area contributed by atoms with Gasteiger partial charge in [-0.25, -0.2) is 4.39 Å². The van der Waals surface area contributed by atoms with Crippen LogP contribution in [-0.2, 0) is 11.3 Å². The highest BCUT2D eigenvalue weighted by molar-refractivity contribution is 8.18. The van der Waals surface area contributed by atoms with Gasteiger partial charge in [-0.3, -0.25) is 14.5 Å². The summed E-state index contributed by atoms with van der Waals surface area (Å²) in [5, 5.41) is 0.319. The van der Waals surface area contributed by atoms with Crippen molar-refractivity contribution < 1.29 is 14.0 Å². The lowest BCUT2D eigenvalue weighted by Crippen LogP contribution is -2.28. The zero-order valence-corrected chi connectivity index (χ0v) is 19.0. The number of amides is 2. The van der Waals surface area contributed by atoms with Gasteiger partial charge in [-0.2, -0.15) is 0 Å². The first-order chi connectivity index (χ1) is 14.8. The molecule has 0 bridgehead atoms. The molecule has 0 radical (unpaired) electrons. The minimum atomic E-state index is -0.557. The van der Waals surface area contributed by atoms with Gasteiger partial charge in [0.05, 0.1) is 22.2 Å². The van der Waals surface area contributed by atoms with Crippen LogP contribution >= 0.6 is 35.0 Å². The number of aromatic nitrogens is 1. The first-order valence-electron chi connectivity index (χ1n) is 9.40. The number of rotatable bonds is 4. The molecule has 3 aromatic rings. The summed E-state index contributed by atoms with van der Waals surface area (Å²) in [5.74, 6) is -1.03. The monoisotopic (exact) mass is 474 g/mol. The molecular weight excluding hydrogens is 458 g/mol. The van der Waals surface area contributed by atoms with E-state index in [0.717, 1.165) is 39.3 Å². The molecule has 0 N–H and O–H groups in total. The van der Waals surface area contributed by atoms with Gasteiger partial charge in [-0.05, 0) is 67.6 Å². The zero-order chi connectivity index (χ0) is 22.3. The van der Waals surface area contributed by atoms with Crippen LogP contribution in [0.5, 0.6) is 0 Å². The van der Waals surface area contributed by atoms with E-state index in [1.54, 1.807) is 6.08 Å². The highest BCUT2D eigenvalue weighted by Crippen LogP contribution is 2.36. The van der Waals surface area contributed by atoms with E-state index in [-0.39, 0.29) is 22.0 Å². The van der Waals surface area contributed by atoms with Gasteiger partial charge in [0, 0.05) is 22.0 Å². The fourth-order valence-corrected chi connectivity index (χ4v) is 4.83. The molecule has 4 nitrogen and oxygen atoms in total. The zero-order valence-electron chi connectivity index (χ0n) is 16.7. The molecule has 0 unspecified atom stereocenters. The van der Waals surface area contributed by atoms with Gasteiger partial charge in [0.1, 0.15) is 5.82 Å². The molecule has 0 atom stereocenters. The fourth-order valence-electron chi connectivity index (χ4n) is 3.56. The third kappa shape index (κ3) is 4.03. The summed E-state index contributed by atoms with van der Waals surface area (Å²) in [5.41, 5.74) is 3.57. The molecule has 2 heterocycles. The van der Waals surface area contributed by atoms with Crippen LogP contribution in [0.1, 0.15) is 22.5 Å². The van der Waals surface area contributed by atoms with Crippen LogP contribution in [0.3, 0.4) is 0 Å². The maximum absolute atomic E-state index is 14.1. The van der Waals surface area contributed by atoms with E-state index >= 15 is 0 Å². The Morgan fingerprint density at radius 2 is 1.74 bits per heavy atom. The normalized spacial score (nSPS) is 15.4. The molecule has 1 saturated heterocycles. The molecule has 8 heteroatoms. The number of benzene rings is 2. The van der Waals surface area contributed by atoms with E-state index < -0.39 is 17.0 Å². The third-order valence-corrected chi connectivity index (χ3v) is 6.68. The lowest BCUT2D eigenvalue weighted by atomic mass is 10.2. The predicted octanol–water partition coefficient (Wildman–Crippen LogP) is 6.78. The number of carbonyl (C=O) groups is 2. The van der Waals surface area contributed by atoms with Gasteiger partial charge in [-0.1, -0.05) is 41.4 Å². The van der Waals surface area contributed by atoms with Gasteiger partial charge in [0.25, 0.3) is 11.1 Å². The number of halogens is 3. The van der Waals surface area contributed by atoms with Crippen LogP contribution < -0.4 is 0 Å². The molecule has 1 aliphatic rings. The Kier molecular flexibility index (Phi) is 5.97. The molecule has 1 aliphatic heterocycles. The average molecular weight is 475 g/mol. The van der Waals surface area contributed by atoms with Crippen LogP contribution in [-0.4, -0.2) is 20.6 Å². The Balaban J connectivity index is 1.66. The van der Waals surface area contributed by atoms with Crippen LogP contribution in [0.25, 0.3) is 11.8 Å². The summed E-state index contributed by atoms with van der Waals surface area (Å²) >= 11 is 13.2. The van der Waals surface area contributed by atoms with Crippen LogP contribution in [0, 0.1) is 19.7 Å². The molecule has 0 saturated carbocycles. The van der Waals surface area contributed by atoms with Crippen LogP contribution in [0.15, 0.2) is 53.4 Å². The number of hydrogen-bond acceptors (Lipinski definition) is 3. The van der Waals surface area contributed by atoms with E-state index in [1.807, 2.05) is 48.7 Å². The highest BCUT2D eigenvalue weighted by Gasteiger charge is 2.36. The van der Waals surface area contributed by atoms with Gasteiger partial charge in [-0.15, -0.1) is 0 Å². The molecule has 0 spiro atoms. The quantitative estimate of drug-likeness (QED) is 0.391. The van der Waals surface area contributed by atoms with Gasteiger partial charge >= 0.3 is 0 Å². The first-order valence-corrected chi connectivity index (χ1v) is 11.0. The second kappa shape index (κ2) is 8.54. The molecule has 2 aromatic carbocycles. The predicted molar refractivity (Wildman–Crippen MR) is 123 cm³/mol. The molecular formula is C23H17Cl2FN2O2S. The van der Waals surface area contributed by atoms with Crippen molar-refractivity contribution in [3.8, 4) is 5.69 Å². The minimum absolute atomic E-state index is 0.115. The van der Waals surface area contributed by atoms with Crippen LogP contribution in [0.2, 0.25) is 10.0 Å². The van der Waals surface area contributed by atoms with Crippen molar-refractivity contribution in [2.45, 2.75) is 20.4 Å². The molecule has 158 valence electrons. The van der Waals surface area contributed by atoms with Crippen molar-refractivity contribution in [1.29, 1.82) is 0 Å². The van der Waals surface area contributed by atoms with Crippen molar-refractivity contribution in [3.63, 3.8) is 0 Å². The molecule has 1 aromatic heterocycles. The lowest BCUT2D eigenvalue weighted by Gasteiger charge is -2.14. The topological polar surface area (TPSA) is 42.3 Å². The summed E-state index contributed by atoms with van der Waals surface area (Å²) in [6, 6.07) is 13.7. The Bertz CT molecular complexity index is 1230. The highest BCUT2D eigenvalue weighted by atomic mass is 35.5. The number of nitrogens with zero attached hydrogens (tertiary/aromatic N) is 2. The Hall–Kier alpha value is -2.54. The number of thioether (sulfide) groups is 1. The lowest BCUT2D eigenvalue weighted by molar-refractivity contribution is -0.123. The van der Waals surface area contributed by atoms with E-state index in [0.29, 0.717) is 5.02 Å². The molecule has 31 heavy (non-hydrogen) atoms. The first kappa shape index (κ1) is 21.7. The Morgan fingerprint density at radius 1 is 1.03 bits per heavy atom. The van der Waals surface area contributed by atoms with Gasteiger partial charge in [0.15, 0.2) is 0 Å². The summed E-state index contributed by atoms with van der Waals surface area (Å²) in [4.78, 5) is 26.7. The Morgan fingerprint density at radius 3 is 2.45 bits per heavy atom. The van der Waals surface area contributed by atoms with Gasteiger partial charge < -0.3 is 4.57 Å². The third-order valence-electron chi connectivity index (χ3n) is 5.10. The number of carbonyl (C=O) groups excluding carboxylic acids is 2. The maximum atomic E-state index is 14.1. The minimum Gasteiger partial charge on any atom is -0.316 e. The number of hydrogen-bond donors (Lipinski definition) is 0. The second-order valence-electron chi connectivity index (χ2n) is 7.08. The van der Waals surface area contributed by atoms with E-state index in [9.17, 15) is 14.0 Å². The fraction of sp³-hybridized carbons (Fsp3) is 0.130. The average Bonchev–Trinajstić information content (AvgIpc) is 3.14. The number of aryl methyl sites for hydroxylation is 1. The largest absolute Gasteiger partial charge is 0.316 e. The number of imide groups is 1. The van der Waals surface area contributed by atoms with Crippen molar-refractivity contribution in [3.05, 3.63) is 91.8 Å². The van der Waals surface area contributed by atoms with Crippen molar-refractivity contribution in [1.82, 2.24) is 9.47 Å². The van der Waals surface area contributed by atoms with E-state index in [1.165, 1.54) is 18.2 Å². The van der Waals surface area contributed by atoms with Crippen molar-refractivity contribution >= 4 is 52.2 Å². The molecule has 4 rings (SSSR count). The van der Waals surface area contributed by atoms with Gasteiger partial charge in [0.2, 0.25) is 0 Å². The summed E-state index contributed by atoms with van der Waals surface area (Å²) in [7, 11) is 0. The standard InChI is InChI=1S/C23H17Cl2FN2O2S/c1-13-10-15(14(2)28(13)20-9-4-3-6-18(20)25)11-21-22(29)27(23(30)31-21)12-16-17(24)7-5-8-19(16)26/h3-11H,12H2,1-2H3/b21-11-. The maximum Gasteiger partial charge on any atom is 0.293 e. The Labute approximate surface area is 193 Å². The van der Waals surface area contributed by atoms with Crippen molar-refractivity contribution in [2.24, 2.45) is 0 Å². The summed E-state index contributed by atoms with van der Waals surface area (Å²) < 4.78 is 16.1. The number of para-hydroxylation sites is 1. The molecule has 2 amide bonds. The van der Waals surface area contributed by atoms with E-state index in [4.69, 9.17) is 23.2 Å².